The Morgan fingerprint density at radius 3 is 2.86 bits per heavy atom. The van der Waals surface area contributed by atoms with Gasteiger partial charge >= 0.3 is 6.09 Å². The van der Waals surface area contributed by atoms with Gasteiger partial charge in [0.15, 0.2) is 0 Å². The van der Waals surface area contributed by atoms with E-state index in [2.05, 4.69) is 0 Å². The molecule has 1 N–H and O–H groups in total. The lowest BCUT2D eigenvalue weighted by molar-refractivity contribution is -0.0582. The number of carbonyl (C=O) groups is 1. The molecule has 1 fully saturated rings. The van der Waals surface area contributed by atoms with Gasteiger partial charge in [0.2, 0.25) is 0 Å². The van der Waals surface area contributed by atoms with E-state index in [1.165, 1.54) is 0 Å². The number of hydrogen-bond acceptors (Lipinski definition) is 4. The Kier molecular flexibility index (Phi) is 3.36. The summed E-state index contributed by atoms with van der Waals surface area (Å²) < 4.78 is 11.5. The first-order chi connectivity index (χ1) is 10.2. The third-order valence-corrected chi connectivity index (χ3v) is 4.41. The lowest BCUT2D eigenvalue weighted by Gasteiger charge is -2.36. The topological polar surface area (TPSA) is 59.0 Å². The molecule has 0 unspecified atom stereocenters. The van der Waals surface area contributed by atoms with E-state index in [0.29, 0.717) is 19.7 Å². The average Bonchev–Trinajstić information content (AvgIpc) is 2.75. The molecule has 1 aromatic carbocycles. The molecule has 5 heteroatoms. The number of likely N-dealkylation sites (tertiary alicyclic amines) is 1. The molecule has 0 radical (unpaired) electrons. The summed E-state index contributed by atoms with van der Waals surface area (Å²) in [4.78, 5) is 14.0. The molecular weight excluding hydrogens is 282 g/mol. The number of rotatable bonds is 0. The van der Waals surface area contributed by atoms with Crippen molar-refractivity contribution in [3.05, 3.63) is 29.3 Å². The quantitative estimate of drug-likeness (QED) is 0.800. The van der Waals surface area contributed by atoms with Gasteiger partial charge in [0.25, 0.3) is 0 Å². The van der Waals surface area contributed by atoms with Crippen molar-refractivity contribution in [1.29, 1.82) is 0 Å². The molecule has 2 aliphatic heterocycles. The van der Waals surface area contributed by atoms with Gasteiger partial charge in [-0.05, 0) is 39.3 Å². The summed E-state index contributed by atoms with van der Waals surface area (Å²) >= 11 is 0. The molecule has 1 aromatic rings. The standard InChI is InChI=1S/C17H23NO4/c1-16(2,3)22-15(20)18-8-13-11-6-5-7-14(19)12(11)9-21-17(13,4)10-18/h5-7,13,19H,8-10H2,1-4H3/t13-,17-/m0/s1. The molecule has 5 nitrogen and oxygen atoms in total. The normalized spacial score (nSPS) is 27.3. The van der Waals surface area contributed by atoms with E-state index in [-0.39, 0.29) is 17.8 Å². The van der Waals surface area contributed by atoms with Crippen LogP contribution in [0.5, 0.6) is 5.75 Å². The van der Waals surface area contributed by atoms with Gasteiger partial charge in [0.1, 0.15) is 11.4 Å². The van der Waals surface area contributed by atoms with E-state index in [0.717, 1.165) is 11.1 Å². The third kappa shape index (κ3) is 2.54. The Morgan fingerprint density at radius 2 is 2.18 bits per heavy atom. The smallest absolute Gasteiger partial charge is 0.410 e. The number of amides is 1. The third-order valence-electron chi connectivity index (χ3n) is 4.41. The van der Waals surface area contributed by atoms with E-state index < -0.39 is 11.2 Å². The van der Waals surface area contributed by atoms with Crippen molar-refractivity contribution in [2.45, 2.75) is 51.4 Å². The zero-order valence-corrected chi connectivity index (χ0v) is 13.5. The first-order valence-electron chi connectivity index (χ1n) is 7.62. The molecule has 0 aromatic heterocycles. The summed E-state index contributed by atoms with van der Waals surface area (Å²) in [6.45, 7) is 9.02. The minimum absolute atomic E-state index is 0.0517. The summed E-state index contributed by atoms with van der Waals surface area (Å²) in [6, 6.07) is 5.53. The first-order valence-corrected chi connectivity index (χ1v) is 7.62. The fraction of sp³-hybridized carbons (Fsp3) is 0.588. The molecule has 2 aliphatic rings. The van der Waals surface area contributed by atoms with Gasteiger partial charge in [-0.15, -0.1) is 0 Å². The molecule has 2 atom stereocenters. The lowest BCUT2D eigenvalue weighted by atomic mass is 9.81. The molecule has 2 heterocycles. The number of phenolic OH excluding ortho intramolecular Hbond substituents is 1. The van der Waals surface area contributed by atoms with E-state index >= 15 is 0 Å². The fourth-order valence-corrected chi connectivity index (χ4v) is 3.32. The second-order valence-corrected chi connectivity index (χ2v) is 7.36. The van der Waals surface area contributed by atoms with E-state index in [1.807, 2.05) is 39.8 Å². The van der Waals surface area contributed by atoms with Gasteiger partial charge in [-0.1, -0.05) is 12.1 Å². The van der Waals surface area contributed by atoms with Crippen molar-refractivity contribution in [1.82, 2.24) is 4.90 Å². The molecule has 0 saturated carbocycles. The second kappa shape index (κ2) is 4.88. The van der Waals surface area contributed by atoms with Gasteiger partial charge in [0.05, 0.1) is 18.8 Å². The van der Waals surface area contributed by atoms with Crippen molar-refractivity contribution in [3.63, 3.8) is 0 Å². The molecule has 0 aliphatic carbocycles. The molecule has 0 spiro atoms. The zero-order valence-electron chi connectivity index (χ0n) is 13.5. The summed E-state index contributed by atoms with van der Waals surface area (Å²) in [5.74, 6) is 0.311. The largest absolute Gasteiger partial charge is 0.508 e. The van der Waals surface area contributed by atoms with Crippen molar-refractivity contribution >= 4 is 6.09 Å². The van der Waals surface area contributed by atoms with Crippen LogP contribution in [0.25, 0.3) is 0 Å². The molecular formula is C17H23NO4. The lowest BCUT2D eigenvalue weighted by Crippen LogP contribution is -2.41. The number of aromatic hydroxyl groups is 1. The number of hydrogen-bond donors (Lipinski definition) is 1. The number of benzene rings is 1. The van der Waals surface area contributed by atoms with Crippen LogP contribution in [0.4, 0.5) is 4.79 Å². The number of phenols is 1. The Balaban J connectivity index is 1.86. The average molecular weight is 305 g/mol. The maximum atomic E-state index is 12.3. The molecule has 120 valence electrons. The van der Waals surface area contributed by atoms with Crippen LogP contribution < -0.4 is 0 Å². The highest BCUT2D eigenvalue weighted by Gasteiger charge is 2.50. The zero-order chi connectivity index (χ0) is 16.1. The van der Waals surface area contributed by atoms with Crippen molar-refractivity contribution in [2.24, 2.45) is 0 Å². The predicted molar refractivity (Wildman–Crippen MR) is 81.8 cm³/mol. The van der Waals surface area contributed by atoms with Crippen LogP contribution in [0.3, 0.4) is 0 Å². The fourth-order valence-electron chi connectivity index (χ4n) is 3.32. The second-order valence-electron chi connectivity index (χ2n) is 7.36. The highest BCUT2D eigenvalue weighted by Crippen LogP contribution is 2.46. The molecule has 1 amide bonds. The highest BCUT2D eigenvalue weighted by molar-refractivity contribution is 5.69. The van der Waals surface area contributed by atoms with Gasteiger partial charge in [0, 0.05) is 18.0 Å². The SMILES string of the molecule is CC(C)(C)OC(=O)N1C[C@H]2c3cccc(O)c3CO[C@@]2(C)C1. The van der Waals surface area contributed by atoms with Gasteiger partial charge in [-0.2, -0.15) is 0 Å². The van der Waals surface area contributed by atoms with Crippen molar-refractivity contribution < 1.29 is 19.4 Å². The number of nitrogens with zero attached hydrogens (tertiary/aromatic N) is 1. The minimum Gasteiger partial charge on any atom is -0.508 e. The molecule has 1 saturated heterocycles. The Morgan fingerprint density at radius 1 is 1.45 bits per heavy atom. The summed E-state index contributed by atoms with van der Waals surface area (Å²) in [5, 5.41) is 10.0. The number of carbonyl (C=O) groups excluding carboxylic acids is 1. The van der Waals surface area contributed by atoms with Gasteiger partial charge in [-0.3, -0.25) is 0 Å². The summed E-state index contributed by atoms with van der Waals surface area (Å²) in [6.07, 6.45) is -0.312. The number of fused-ring (bicyclic) bond motifs is 3. The predicted octanol–water partition coefficient (Wildman–Crippen LogP) is 3.02. The van der Waals surface area contributed by atoms with E-state index in [4.69, 9.17) is 9.47 Å². The summed E-state index contributed by atoms with van der Waals surface area (Å²) in [5.41, 5.74) is 0.955. The van der Waals surface area contributed by atoms with Crippen molar-refractivity contribution in [3.8, 4) is 5.75 Å². The minimum atomic E-state index is -0.511. The number of ether oxygens (including phenoxy) is 2. The summed E-state index contributed by atoms with van der Waals surface area (Å²) in [7, 11) is 0. The monoisotopic (exact) mass is 305 g/mol. The van der Waals surface area contributed by atoms with E-state index in [9.17, 15) is 9.90 Å². The highest BCUT2D eigenvalue weighted by atomic mass is 16.6. The Hall–Kier alpha value is -1.75. The van der Waals surface area contributed by atoms with E-state index in [1.54, 1.807) is 11.0 Å². The maximum absolute atomic E-state index is 12.3. The van der Waals surface area contributed by atoms with Crippen LogP contribution in [-0.4, -0.2) is 40.4 Å². The van der Waals surface area contributed by atoms with Gasteiger partial charge < -0.3 is 19.5 Å². The molecule has 0 bridgehead atoms. The first kappa shape index (κ1) is 15.2. The van der Waals surface area contributed by atoms with Crippen molar-refractivity contribution in [2.75, 3.05) is 13.1 Å². The van der Waals surface area contributed by atoms with Crippen LogP contribution >= 0.6 is 0 Å². The maximum Gasteiger partial charge on any atom is 0.410 e. The van der Waals surface area contributed by atoms with Crippen LogP contribution in [0, 0.1) is 0 Å². The molecule has 3 rings (SSSR count). The Bertz CT molecular complexity index is 607. The van der Waals surface area contributed by atoms with Crippen LogP contribution in [0.1, 0.15) is 44.7 Å². The van der Waals surface area contributed by atoms with Crippen LogP contribution in [0.2, 0.25) is 0 Å². The molecule has 22 heavy (non-hydrogen) atoms. The van der Waals surface area contributed by atoms with Crippen LogP contribution in [0.15, 0.2) is 18.2 Å². The van der Waals surface area contributed by atoms with Crippen LogP contribution in [-0.2, 0) is 16.1 Å². The van der Waals surface area contributed by atoms with Gasteiger partial charge in [-0.25, -0.2) is 4.79 Å². The Labute approximate surface area is 130 Å².